The van der Waals surface area contributed by atoms with E-state index in [1.807, 2.05) is 6.08 Å². The van der Waals surface area contributed by atoms with Crippen LogP contribution in [0.5, 0.6) is 0 Å². The maximum absolute atomic E-state index is 10.0. The second-order valence-corrected chi connectivity index (χ2v) is 4.00. The third-order valence-corrected chi connectivity index (χ3v) is 2.70. The Labute approximate surface area is 73.9 Å². The van der Waals surface area contributed by atoms with Crippen molar-refractivity contribution in [1.82, 2.24) is 0 Å². The van der Waals surface area contributed by atoms with Crippen LogP contribution < -0.4 is 0 Å². The predicted molar refractivity (Wildman–Crippen MR) is 48.7 cm³/mol. The molecule has 2 N–H and O–H groups in total. The summed E-state index contributed by atoms with van der Waals surface area (Å²) in [5, 5.41) is 19.1. The van der Waals surface area contributed by atoms with E-state index in [-0.39, 0.29) is 12.5 Å². The van der Waals surface area contributed by atoms with Gasteiger partial charge in [-0.1, -0.05) is 26.0 Å². The molecular formula is C10H18O2. The van der Waals surface area contributed by atoms with E-state index in [2.05, 4.69) is 19.9 Å². The van der Waals surface area contributed by atoms with Crippen molar-refractivity contribution in [3.05, 3.63) is 12.2 Å². The minimum atomic E-state index is -0.872. The van der Waals surface area contributed by atoms with Crippen molar-refractivity contribution in [3.63, 3.8) is 0 Å². The molecular weight excluding hydrogens is 152 g/mol. The first-order chi connectivity index (χ1) is 5.60. The molecule has 0 fully saturated rings. The lowest BCUT2D eigenvalue weighted by atomic mass is 9.74. The molecule has 0 amide bonds. The highest BCUT2D eigenvalue weighted by atomic mass is 16.3. The van der Waals surface area contributed by atoms with Crippen LogP contribution in [0.25, 0.3) is 0 Å². The number of hydrogen-bond donors (Lipinski definition) is 2. The molecule has 2 heteroatoms. The van der Waals surface area contributed by atoms with Gasteiger partial charge in [0.15, 0.2) is 0 Å². The number of allylic oxidation sites excluding steroid dienone is 1. The summed E-state index contributed by atoms with van der Waals surface area (Å²) in [5.41, 5.74) is -0.872. The average Bonchev–Trinajstić information content (AvgIpc) is 2.05. The molecule has 2 nitrogen and oxygen atoms in total. The lowest BCUT2D eigenvalue weighted by Gasteiger charge is -2.37. The van der Waals surface area contributed by atoms with E-state index >= 15 is 0 Å². The monoisotopic (exact) mass is 170 g/mol. The van der Waals surface area contributed by atoms with Gasteiger partial charge in [0.2, 0.25) is 0 Å². The van der Waals surface area contributed by atoms with E-state index in [9.17, 15) is 5.11 Å². The second-order valence-electron chi connectivity index (χ2n) is 4.00. The SMILES string of the molecule is CC(C)[C@H]1C=CCC[C@]1(O)CO. The number of aliphatic hydroxyl groups is 2. The Morgan fingerprint density at radius 1 is 1.58 bits per heavy atom. The third-order valence-electron chi connectivity index (χ3n) is 2.70. The molecule has 2 atom stereocenters. The third kappa shape index (κ3) is 1.70. The number of hydrogen-bond acceptors (Lipinski definition) is 2. The molecule has 0 aliphatic heterocycles. The van der Waals surface area contributed by atoms with Gasteiger partial charge in [0.1, 0.15) is 0 Å². The van der Waals surface area contributed by atoms with Crippen molar-refractivity contribution in [1.29, 1.82) is 0 Å². The molecule has 70 valence electrons. The molecule has 0 saturated heterocycles. The van der Waals surface area contributed by atoms with Gasteiger partial charge in [0, 0.05) is 5.92 Å². The average molecular weight is 170 g/mol. The van der Waals surface area contributed by atoms with Crippen LogP contribution >= 0.6 is 0 Å². The summed E-state index contributed by atoms with van der Waals surface area (Å²) < 4.78 is 0. The highest BCUT2D eigenvalue weighted by Crippen LogP contribution is 2.33. The van der Waals surface area contributed by atoms with Crippen molar-refractivity contribution in [2.24, 2.45) is 11.8 Å². The highest BCUT2D eigenvalue weighted by molar-refractivity contribution is 5.06. The fourth-order valence-electron chi connectivity index (χ4n) is 1.95. The fraction of sp³-hybridized carbons (Fsp3) is 0.800. The topological polar surface area (TPSA) is 40.5 Å². The first-order valence-electron chi connectivity index (χ1n) is 4.60. The molecule has 0 heterocycles. The van der Waals surface area contributed by atoms with Gasteiger partial charge in [0.25, 0.3) is 0 Å². The fourth-order valence-corrected chi connectivity index (χ4v) is 1.95. The standard InChI is InChI=1S/C10H18O2/c1-8(2)9-5-3-4-6-10(9,12)7-11/h3,5,8-9,11-12H,4,6-7H2,1-2H3/t9-,10+/m1/s1. The number of aliphatic hydroxyl groups excluding tert-OH is 1. The van der Waals surface area contributed by atoms with Gasteiger partial charge in [-0.2, -0.15) is 0 Å². The van der Waals surface area contributed by atoms with Crippen LogP contribution in [-0.4, -0.2) is 22.4 Å². The van der Waals surface area contributed by atoms with E-state index in [4.69, 9.17) is 5.11 Å². The molecule has 0 bridgehead atoms. The molecule has 0 aromatic heterocycles. The van der Waals surface area contributed by atoms with Gasteiger partial charge >= 0.3 is 0 Å². The molecule has 0 radical (unpaired) electrons. The lowest BCUT2D eigenvalue weighted by molar-refractivity contribution is -0.0690. The van der Waals surface area contributed by atoms with E-state index in [0.717, 1.165) is 6.42 Å². The Kier molecular flexibility index (Phi) is 2.91. The minimum absolute atomic E-state index is 0.108. The largest absolute Gasteiger partial charge is 0.393 e. The van der Waals surface area contributed by atoms with E-state index < -0.39 is 5.60 Å². The first kappa shape index (κ1) is 9.75. The van der Waals surface area contributed by atoms with E-state index in [1.54, 1.807) is 0 Å². The maximum Gasteiger partial charge on any atom is 0.0944 e. The summed E-state index contributed by atoms with van der Waals surface area (Å²) in [4.78, 5) is 0. The molecule has 1 rings (SSSR count). The Balaban J connectivity index is 2.78. The van der Waals surface area contributed by atoms with Crippen molar-refractivity contribution < 1.29 is 10.2 Å². The van der Waals surface area contributed by atoms with Crippen molar-refractivity contribution in [2.45, 2.75) is 32.3 Å². The zero-order chi connectivity index (χ0) is 9.19. The molecule has 0 saturated carbocycles. The summed E-state index contributed by atoms with van der Waals surface area (Å²) in [7, 11) is 0. The molecule has 1 aliphatic rings. The molecule has 0 aromatic rings. The zero-order valence-corrected chi connectivity index (χ0v) is 7.83. The van der Waals surface area contributed by atoms with Crippen molar-refractivity contribution >= 4 is 0 Å². The molecule has 1 aliphatic carbocycles. The van der Waals surface area contributed by atoms with Gasteiger partial charge in [-0.15, -0.1) is 0 Å². The van der Waals surface area contributed by atoms with Crippen LogP contribution in [0.1, 0.15) is 26.7 Å². The molecule has 0 aromatic carbocycles. The molecule has 0 unspecified atom stereocenters. The van der Waals surface area contributed by atoms with E-state index in [0.29, 0.717) is 12.3 Å². The Bertz CT molecular complexity index is 175. The Morgan fingerprint density at radius 3 is 2.67 bits per heavy atom. The van der Waals surface area contributed by atoms with Gasteiger partial charge in [-0.05, 0) is 18.8 Å². The lowest BCUT2D eigenvalue weighted by Crippen LogP contribution is -2.44. The Morgan fingerprint density at radius 2 is 2.25 bits per heavy atom. The predicted octanol–water partition coefficient (Wildman–Crippen LogP) is 1.33. The summed E-state index contributed by atoms with van der Waals surface area (Å²) in [6.07, 6.45) is 5.68. The van der Waals surface area contributed by atoms with Crippen LogP contribution in [0.15, 0.2) is 12.2 Å². The van der Waals surface area contributed by atoms with Gasteiger partial charge < -0.3 is 10.2 Å². The summed E-state index contributed by atoms with van der Waals surface area (Å²) in [6, 6.07) is 0. The van der Waals surface area contributed by atoms with Crippen LogP contribution in [0.3, 0.4) is 0 Å². The van der Waals surface area contributed by atoms with E-state index in [1.165, 1.54) is 0 Å². The second kappa shape index (κ2) is 3.58. The Hall–Kier alpha value is -0.340. The van der Waals surface area contributed by atoms with Crippen LogP contribution in [0.4, 0.5) is 0 Å². The molecule has 0 spiro atoms. The van der Waals surface area contributed by atoms with Crippen molar-refractivity contribution in [2.75, 3.05) is 6.61 Å². The summed E-state index contributed by atoms with van der Waals surface area (Å²) >= 11 is 0. The normalized spacial score (nSPS) is 35.9. The van der Waals surface area contributed by atoms with Crippen LogP contribution in [-0.2, 0) is 0 Å². The van der Waals surface area contributed by atoms with Crippen LogP contribution in [0.2, 0.25) is 0 Å². The maximum atomic E-state index is 10.0. The quantitative estimate of drug-likeness (QED) is 0.614. The molecule has 12 heavy (non-hydrogen) atoms. The van der Waals surface area contributed by atoms with Gasteiger partial charge in [-0.25, -0.2) is 0 Å². The van der Waals surface area contributed by atoms with Gasteiger partial charge in [0.05, 0.1) is 12.2 Å². The van der Waals surface area contributed by atoms with Gasteiger partial charge in [-0.3, -0.25) is 0 Å². The highest BCUT2D eigenvalue weighted by Gasteiger charge is 2.37. The van der Waals surface area contributed by atoms with Crippen LogP contribution in [0, 0.1) is 11.8 Å². The summed E-state index contributed by atoms with van der Waals surface area (Å²) in [5.74, 6) is 0.495. The number of rotatable bonds is 2. The first-order valence-corrected chi connectivity index (χ1v) is 4.60. The summed E-state index contributed by atoms with van der Waals surface area (Å²) in [6.45, 7) is 4.02. The minimum Gasteiger partial charge on any atom is -0.393 e. The zero-order valence-electron chi connectivity index (χ0n) is 7.83. The van der Waals surface area contributed by atoms with Crippen molar-refractivity contribution in [3.8, 4) is 0 Å². The smallest absolute Gasteiger partial charge is 0.0944 e.